The number of allylic oxidation sites excluding steroid dienone is 6. The minimum absolute atomic E-state index is 0.0157. The van der Waals surface area contributed by atoms with Crippen LogP contribution in [0.2, 0.25) is 0 Å². The molecule has 3 aromatic carbocycles. The molecule has 4 atom stereocenters. The van der Waals surface area contributed by atoms with Gasteiger partial charge in [0, 0.05) is 43.1 Å². The zero-order valence-electron chi connectivity index (χ0n) is 29.5. The lowest BCUT2D eigenvalue weighted by molar-refractivity contribution is 0.248. The maximum Gasteiger partial charge on any atom is 0.139 e. The first-order valence-electron chi connectivity index (χ1n) is 19.3. The molecular formula is C45H47N5S. The highest BCUT2D eigenvalue weighted by Gasteiger charge is 2.36. The second kappa shape index (κ2) is 13.0. The van der Waals surface area contributed by atoms with Crippen LogP contribution in [-0.2, 0) is 0 Å². The number of rotatable bonds is 3. The molecule has 3 aliphatic carbocycles. The molecule has 2 aromatic heterocycles. The van der Waals surface area contributed by atoms with Crippen molar-refractivity contribution in [2.45, 2.75) is 77.0 Å². The van der Waals surface area contributed by atoms with E-state index in [0.29, 0.717) is 11.8 Å². The van der Waals surface area contributed by atoms with Gasteiger partial charge in [-0.05, 0) is 78.8 Å². The van der Waals surface area contributed by atoms with Gasteiger partial charge in [-0.25, -0.2) is 0 Å². The van der Waals surface area contributed by atoms with E-state index in [0.717, 1.165) is 49.8 Å². The molecule has 258 valence electrons. The number of nitrogens with one attached hydrogen (secondary N) is 3. The normalized spacial score (nSPS) is 27.4. The fourth-order valence-corrected chi connectivity index (χ4v) is 10.5. The minimum atomic E-state index is 0.0157. The van der Waals surface area contributed by atoms with E-state index >= 15 is 0 Å². The van der Waals surface area contributed by atoms with Crippen molar-refractivity contribution in [1.29, 1.82) is 0 Å². The molecule has 4 unspecified atom stereocenters. The topological polar surface area (TPSA) is 53.4 Å². The van der Waals surface area contributed by atoms with E-state index in [1.54, 1.807) is 0 Å². The molecule has 5 nitrogen and oxygen atoms in total. The molecule has 5 aromatic rings. The average molecular weight is 690 g/mol. The summed E-state index contributed by atoms with van der Waals surface area (Å²) in [5.41, 5.74) is 6.55. The van der Waals surface area contributed by atoms with Gasteiger partial charge < -0.3 is 10.6 Å². The van der Waals surface area contributed by atoms with Crippen LogP contribution in [0.4, 0.5) is 0 Å². The first-order valence-corrected chi connectivity index (χ1v) is 20.2. The lowest BCUT2D eigenvalue weighted by atomic mass is 9.76. The van der Waals surface area contributed by atoms with Gasteiger partial charge in [0.2, 0.25) is 0 Å². The highest BCUT2D eigenvalue weighted by Crippen LogP contribution is 2.42. The highest BCUT2D eigenvalue weighted by atomic mass is 32.1. The van der Waals surface area contributed by atoms with Crippen LogP contribution in [0.3, 0.4) is 0 Å². The summed E-state index contributed by atoms with van der Waals surface area (Å²) in [6.07, 6.45) is 25.0. The third-order valence-electron chi connectivity index (χ3n) is 12.2. The van der Waals surface area contributed by atoms with Crippen LogP contribution < -0.4 is 16.0 Å². The molecular weight excluding hydrogens is 643 g/mol. The molecule has 4 heterocycles. The number of thiophene rings is 1. The third-order valence-corrected chi connectivity index (χ3v) is 13.3. The standard InChI is InChI=1S/C45H47N5S/c1-28-20-22-31(23-21-28)43-47-42(30-14-6-3-7-15-30)48-44(49-43)37-24-32(29-12-4-2-5-13-29)27-46-45(37)50-38-18-10-8-16-33(38)35-25-36-34-17-9-11-19-40(34)51-41(36)26-39(35)50/h3,6,8-11,14,16-20,22-23,25-26,28-29,32,42-43,47-49H,2,4-5,7,12-13,15,21,24,27H2,1H3. The lowest BCUT2D eigenvalue weighted by Crippen LogP contribution is -2.62. The van der Waals surface area contributed by atoms with Crippen molar-refractivity contribution < 1.29 is 0 Å². The summed E-state index contributed by atoms with van der Waals surface area (Å²) in [6.45, 7) is 3.19. The number of aromatic nitrogens is 1. The van der Waals surface area contributed by atoms with Gasteiger partial charge in [-0.2, -0.15) is 0 Å². The molecule has 0 amide bonds. The van der Waals surface area contributed by atoms with Gasteiger partial charge in [-0.3, -0.25) is 14.9 Å². The molecule has 1 saturated heterocycles. The Morgan fingerprint density at radius 3 is 2.51 bits per heavy atom. The monoisotopic (exact) mass is 689 g/mol. The van der Waals surface area contributed by atoms with Gasteiger partial charge in [0.25, 0.3) is 0 Å². The third kappa shape index (κ3) is 5.59. The fourth-order valence-electron chi connectivity index (χ4n) is 9.43. The van der Waals surface area contributed by atoms with Crippen LogP contribution in [-0.4, -0.2) is 29.3 Å². The highest BCUT2D eigenvalue weighted by molar-refractivity contribution is 7.25. The number of nitrogens with zero attached hydrogens (tertiary/aromatic N) is 2. The SMILES string of the molecule is CC1C=CC(C2NC(=C3CC(C4CCCCC4)CN=C3n3c4ccccc4c4cc5c(cc43)sc3ccccc35)NC(C3=CC=CCC3)N2)=CC1. The van der Waals surface area contributed by atoms with Crippen LogP contribution in [0, 0.1) is 17.8 Å². The Hall–Kier alpha value is -4.39. The van der Waals surface area contributed by atoms with Gasteiger partial charge in [-0.1, -0.05) is 112 Å². The predicted molar refractivity (Wildman–Crippen MR) is 216 cm³/mol. The Morgan fingerprint density at radius 1 is 0.824 bits per heavy atom. The van der Waals surface area contributed by atoms with Crippen LogP contribution in [0.25, 0.3) is 42.0 Å². The summed E-state index contributed by atoms with van der Waals surface area (Å²) >= 11 is 1.90. The van der Waals surface area contributed by atoms with Crippen molar-refractivity contribution >= 4 is 59.2 Å². The van der Waals surface area contributed by atoms with Crippen LogP contribution in [0.15, 0.2) is 125 Å². The Balaban J connectivity index is 1.17. The molecule has 2 aliphatic heterocycles. The van der Waals surface area contributed by atoms with Gasteiger partial charge in [-0.15, -0.1) is 11.3 Å². The van der Waals surface area contributed by atoms with Crippen molar-refractivity contribution in [1.82, 2.24) is 20.5 Å². The zero-order chi connectivity index (χ0) is 33.9. The van der Waals surface area contributed by atoms with E-state index in [1.807, 2.05) is 11.3 Å². The zero-order valence-corrected chi connectivity index (χ0v) is 30.3. The van der Waals surface area contributed by atoms with Crippen LogP contribution >= 0.6 is 11.3 Å². The Bertz CT molecular complexity index is 2360. The predicted octanol–water partition coefficient (Wildman–Crippen LogP) is 10.5. The molecule has 3 N–H and O–H groups in total. The van der Waals surface area contributed by atoms with Gasteiger partial charge in [0.05, 0.1) is 11.0 Å². The van der Waals surface area contributed by atoms with E-state index in [9.17, 15) is 0 Å². The molecule has 1 saturated carbocycles. The first kappa shape index (κ1) is 31.4. The molecule has 5 aliphatic rings. The second-order valence-corrected chi connectivity index (χ2v) is 16.6. The average Bonchev–Trinajstić information content (AvgIpc) is 3.72. The summed E-state index contributed by atoms with van der Waals surface area (Å²) in [6, 6.07) is 22.7. The number of benzene rings is 3. The Labute approximate surface area is 304 Å². The maximum atomic E-state index is 5.66. The van der Waals surface area contributed by atoms with E-state index < -0.39 is 0 Å². The fraction of sp³-hybridized carbons (Fsp3) is 0.356. The van der Waals surface area contributed by atoms with Gasteiger partial charge in [0.1, 0.15) is 24.0 Å². The van der Waals surface area contributed by atoms with Crippen LogP contribution in [0.5, 0.6) is 0 Å². The van der Waals surface area contributed by atoms with Crippen molar-refractivity contribution in [2.75, 3.05) is 6.54 Å². The number of aliphatic imine (C=N–C) groups is 1. The molecule has 51 heavy (non-hydrogen) atoms. The van der Waals surface area contributed by atoms with E-state index in [2.05, 4.69) is 125 Å². The van der Waals surface area contributed by atoms with Crippen molar-refractivity contribution in [3.8, 4) is 0 Å². The van der Waals surface area contributed by atoms with E-state index in [1.165, 1.54) is 90.8 Å². The Morgan fingerprint density at radius 2 is 1.67 bits per heavy atom. The number of para-hydroxylation sites is 1. The quantitative estimate of drug-likeness (QED) is 0.177. The number of hydrogen-bond donors (Lipinski definition) is 3. The van der Waals surface area contributed by atoms with Gasteiger partial charge >= 0.3 is 0 Å². The van der Waals surface area contributed by atoms with Crippen LogP contribution in [0.1, 0.15) is 64.7 Å². The molecule has 0 bridgehead atoms. The second-order valence-electron chi connectivity index (χ2n) is 15.5. The summed E-state index contributed by atoms with van der Waals surface area (Å²) in [4.78, 5) is 5.66. The summed E-state index contributed by atoms with van der Waals surface area (Å²) in [7, 11) is 0. The lowest BCUT2D eigenvalue weighted by Gasteiger charge is -2.41. The smallest absolute Gasteiger partial charge is 0.139 e. The minimum Gasteiger partial charge on any atom is -0.352 e. The largest absolute Gasteiger partial charge is 0.352 e. The van der Waals surface area contributed by atoms with Crippen molar-refractivity contribution in [3.63, 3.8) is 0 Å². The van der Waals surface area contributed by atoms with Crippen molar-refractivity contribution in [2.24, 2.45) is 22.7 Å². The molecule has 10 rings (SSSR count). The van der Waals surface area contributed by atoms with Gasteiger partial charge in [0.15, 0.2) is 0 Å². The summed E-state index contributed by atoms with van der Waals surface area (Å²) < 4.78 is 5.18. The number of hydrogen-bond acceptors (Lipinski definition) is 5. The summed E-state index contributed by atoms with van der Waals surface area (Å²) in [5.74, 6) is 4.11. The first-order chi connectivity index (χ1) is 25.2. The number of fused-ring (bicyclic) bond motifs is 6. The molecule has 6 heteroatoms. The maximum absolute atomic E-state index is 5.66. The van der Waals surface area contributed by atoms with E-state index in [-0.39, 0.29) is 12.3 Å². The summed E-state index contributed by atoms with van der Waals surface area (Å²) in [5, 5.41) is 17.3. The molecule has 2 fully saturated rings. The Kier molecular flexibility index (Phi) is 7.98. The van der Waals surface area contributed by atoms with Crippen molar-refractivity contribution in [3.05, 3.63) is 120 Å². The molecule has 0 spiro atoms. The molecule has 0 radical (unpaired) electrons. The van der Waals surface area contributed by atoms with E-state index in [4.69, 9.17) is 4.99 Å².